The zero-order chi connectivity index (χ0) is 15.4. The highest BCUT2D eigenvalue weighted by Gasteiger charge is 2.09. The van der Waals surface area contributed by atoms with Crippen LogP contribution >= 0.6 is 27.3 Å². The number of aromatic nitrogens is 1. The second-order valence-corrected chi connectivity index (χ2v) is 6.40. The Labute approximate surface area is 141 Å². The van der Waals surface area contributed by atoms with E-state index >= 15 is 0 Å². The number of hydrogen-bond donors (Lipinski definition) is 0. The lowest BCUT2D eigenvalue weighted by Crippen LogP contribution is -1.82. The molecule has 3 aromatic rings. The Hall–Kier alpha value is -2.22. The molecule has 0 aliphatic carbocycles. The lowest BCUT2D eigenvalue weighted by Gasteiger charge is -1.97. The highest BCUT2D eigenvalue weighted by atomic mass is 79.9. The first-order chi connectivity index (χ1) is 10.8. The lowest BCUT2D eigenvalue weighted by atomic mass is 10.1. The molecule has 0 aliphatic rings. The zero-order valence-corrected chi connectivity index (χ0v) is 13.9. The van der Waals surface area contributed by atoms with Crippen molar-refractivity contribution in [3.63, 3.8) is 0 Å². The van der Waals surface area contributed by atoms with E-state index in [9.17, 15) is 5.26 Å². The van der Waals surface area contributed by atoms with E-state index in [4.69, 9.17) is 0 Å². The van der Waals surface area contributed by atoms with Gasteiger partial charge in [-0.25, -0.2) is 4.98 Å². The van der Waals surface area contributed by atoms with Crippen molar-refractivity contribution in [2.24, 2.45) is 0 Å². The molecule has 106 valence electrons. The van der Waals surface area contributed by atoms with Crippen LogP contribution in [0.25, 0.3) is 22.9 Å². The van der Waals surface area contributed by atoms with Gasteiger partial charge in [0, 0.05) is 15.4 Å². The van der Waals surface area contributed by atoms with E-state index in [0.29, 0.717) is 5.57 Å². The number of benzene rings is 2. The van der Waals surface area contributed by atoms with Crippen molar-refractivity contribution in [3.05, 3.63) is 75.0 Å². The van der Waals surface area contributed by atoms with Crippen LogP contribution < -0.4 is 0 Å². The molecule has 0 radical (unpaired) electrons. The third-order valence-electron chi connectivity index (χ3n) is 3.11. The molecule has 0 saturated heterocycles. The normalized spacial score (nSPS) is 11.2. The first kappa shape index (κ1) is 14.7. The molecular formula is C18H11BrN2S. The Bertz CT molecular complexity index is 843. The molecule has 4 heteroatoms. The number of rotatable bonds is 3. The number of hydrogen-bond acceptors (Lipinski definition) is 3. The van der Waals surface area contributed by atoms with Gasteiger partial charge in [-0.2, -0.15) is 5.26 Å². The van der Waals surface area contributed by atoms with Gasteiger partial charge in [0.05, 0.1) is 11.3 Å². The van der Waals surface area contributed by atoms with Crippen LogP contribution in [-0.2, 0) is 0 Å². The maximum absolute atomic E-state index is 9.40. The third-order valence-corrected chi connectivity index (χ3v) is 4.51. The van der Waals surface area contributed by atoms with Crippen molar-refractivity contribution in [1.29, 1.82) is 5.26 Å². The summed E-state index contributed by atoms with van der Waals surface area (Å²) in [5, 5.41) is 12.1. The lowest BCUT2D eigenvalue weighted by molar-refractivity contribution is 1.37. The first-order valence-corrected chi connectivity index (χ1v) is 8.32. The van der Waals surface area contributed by atoms with Gasteiger partial charge in [-0.3, -0.25) is 0 Å². The molecule has 0 saturated carbocycles. The van der Waals surface area contributed by atoms with Gasteiger partial charge < -0.3 is 0 Å². The number of nitriles is 1. The molecule has 0 N–H and O–H groups in total. The van der Waals surface area contributed by atoms with Gasteiger partial charge in [0.1, 0.15) is 11.1 Å². The molecule has 2 aromatic carbocycles. The van der Waals surface area contributed by atoms with Crippen molar-refractivity contribution in [1.82, 2.24) is 4.98 Å². The predicted octanol–water partition coefficient (Wildman–Crippen LogP) is 5.64. The average Bonchev–Trinajstić information content (AvgIpc) is 3.04. The van der Waals surface area contributed by atoms with Crippen molar-refractivity contribution < 1.29 is 0 Å². The molecule has 3 rings (SSSR count). The van der Waals surface area contributed by atoms with Crippen molar-refractivity contribution in [3.8, 4) is 17.3 Å². The number of halogens is 1. The quantitative estimate of drug-likeness (QED) is 0.562. The van der Waals surface area contributed by atoms with Crippen LogP contribution in [-0.4, -0.2) is 4.98 Å². The molecule has 0 atom stereocenters. The molecule has 1 aromatic heterocycles. The largest absolute Gasteiger partial charge is 0.235 e. The van der Waals surface area contributed by atoms with Crippen LogP contribution in [0.15, 0.2) is 64.5 Å². The molecule has 0 fully saturated rings. The Morgan fingerprint density at radius 2 is 1.82 bits per heavy atom. The van der Waals surface area contributed by atoms with E-state index in [0.717, 1.165) is 26.3 Å². The predicted molar refractivity (Wildman–Crippen MR) is 95.2 cm³/mol. The average molecular weight is 367 g/mol. The summed E-state index contributed by atoms with van der Waals surface area (Å²) in [4.78, 5) is 4.59. The molecule has 0 spiro atoms. The molecule has 0 aliphatic heterocycles. The maximum Gasteiger partial charge on any atom is 0.134 e. The number of thiazole rings is 1. The molecule has 0 unspecified atom stereocenters. The summed E-state index contributed by atoms with van der Waals surface area (Å²) in [6, 6.07) is 20.0. The van der Waals surface area contributed by atoms with E-state index in [1.807, 2.05) is 66.1 Å². The summed E-state index contributed by atoms with van der Waals surface area (Å²) < 4.78 is 1.04. The summed E-state index contributed by atoms with van der Waals surface area (Å²) in [6.45, 7) is 0. The second-order valence-electron chi connectivity index (χ2n) is 4.63. The van der Waals surface area contributed by atoms with E-state index in [2.05, 4.69) is 27.0 Å². The Kier molecular flexibility index (Phi) is 4.47. The third kappa shape index (κ3) is 3.33. The number of nitrogens with zero attached hydrogens (tertiary/aromatic N) is 2. The Morgan fingerprint density at radius 3 is 2.50 bits per heavy atom. The minimum Gasteiger partial charge on any atom is -0.235 e. The summed E-state index contributed by atoms with van der Waals surface area (Å²) in [7, 11) is 0. The summed E-state index contributed by atoms with van der Waals surface area (Å²) in [5.41, 5.74) is 3.52. The maximum atomic E-state index is 9.40. The fourth-order valence-electron chi connectivity index (χ4n) is 2.01. The van der Waals surface area contributed by atoms with E-state index in [1.165, 1.54) is 11.3 Å². The Balaban J connectivity index is 1.94. The van der Waals surface area contributed by atoms with Gasteiger partial charge in [-0.05, 0) is 23.8 Å². The van der Waals surface area contributed by atoms with Crippen molar-refractivity contribution in [2.75, 3.05) is 0 Å². The van der Waals surface area contributed by atoms with Crippen molar-refractivity contribution in [2.45, 2.75) is 0 Å². The molecule has 1 heterocycles. The summed E-state index contributed by atoms with van der Waals surface area (Å²) >= 11 is 4.91. The van der Waals surface area contributed by atoms with Crippen LogP contribution in [0.2, 0.25) is 0 Å². The van der Waals surface area contributed by atoms with Crippen LogP contribution in [0.5, 0.6) is 0 Å². The molecule has 2 nitrogen and oxygen atoms in total. The van der Waals surface area contributed by atoms with E-state index in [1.54, 1.807) is 0 Å². The minimum atomic E-state index is 0.583. The molecule has 0 amide bonds. The fraction of sp³-hybridized carbons (Fsp3) is 0. The van der Waals surface area contributed by atoms with Gasteiger partial charge in [0.2, 0.25) is 0 Å². The molecule has 22 heavy (non-hydrogen) atoms. The van der Waals surface area contributed by atoms with Crippen LogP contribution in [0.1, 0.15) is 10.6 Å². The van der Waals surface area contributed by atoms with Gasteiger partial charge in [0.15, 0.2) is 0 Å². The van der Waals surface area contributed by atoms with Gasteiger partial charge >= 0.3 is 0 Å². The Morgan fingerprint density at radius 1 is 1.09 bits per heavy atom. The first-order valence-electron chi connectivity index (χ1n) is 6.65. The van der Waals surface area contributed by atoms with E-state index in [-0.39, 0.29) is 0 Å². The standard InChI is InChI=1S/C18H11BrN2S/c19-16-8-6-14(7-9-16)17-12-22-18(21-17)15(11-20)10-13-4-2-1-3-5-13/h1-10,12H. The SMILES string of the molecule is N#CC(=Cc1ccccc1)c1nc(-c2ccc(Br)cc2)cs1. The summed E-state index contributed by atoms with van der Waals surface area (Å²) in [6.07, 6.45) is 1.87. The van der Waals surface area contributed by atoms with Crippen LogP contribution in [0, 0.1) is 11.3 Å². The van der Waals surface area contributed by atoms with Crippen molar-refractivity contribution >= 4 is 38.9 Å². The smallest absolute Gasteiger partial charge is 0.134 e. The van der Waals surface area contributed by atoms with E-state index < -0.39 is 0 Å². The van der Waals surface area contributed by atoms with Crippen LogP contribution in [0.4, 0.5) is 0 Å². The minimum absolute atomic E-state index is 0.583. The topological polar surface area (TPSA) is 36.7 Å². The van der Waals surface area contributed by atoms with Gasteiger partial charge in [0.25, 0.3) is 0 Å². The number of allylic oxidation sites excluding steroid dienone is 1. The van der Waals surface area contributed by atoms with Gasteiger partial charge in [-0.15, -0.1) is 11.3 Å². The fourth-order valence-corrected chi connectivity index (χ4v) is 3.07. The highest BCUT2D eigenvalue weighted by Crippen LogP contribution is 2.27. The zero-order valence-electron chi connectivity index (χ0n) is 11.5. The molecular weight excluding hydrogens is 356 g/mol. The summed E-state index contributed by atoms with van der Waals surface area (Å²) in [5.74, 6) is 0. The highest BCUT2D eigenvalue weighted by molar-refractivity contribution is 9.10. The van der Waals surface area contributed by atoms with Gasteiger partial charge in [-0.1, -0.05) is 58.4 Å². The molecule has 0 bridgehead atoms. The monoisotopic (exact) mass is 366 g/mol. The second kappa shape index (κ2) is 6.69. The van der Waals surface area contributed by atoms with Crippen LogP contribution in [0.3, 0.4) is 0 Å².